The van der Waals surface area contributed by atoms with Gasteiger partial charge in [-0.15, -0.1) is 0 Å². The van der Waals surface area contributed by atoms with Gasteiger partial charge in [-0.2, -0.15) is 0 Å². The average molecular weight is 286 g/mol. The predicted molar refractivity (Wildman–Crippen MR) is 86.3 cm³/mol. The number of nitrogens with zero attached hydrogens (tertiary/aromatic N) is 1. The number of nitrogens with one attached hydrogen (secondary N) is 1. The Labute approximate surface area is 127 Å². The van der Waals surface area contributed by atoms with Crippen LogP contribution in [0.3, 0.4) is 0 Å². The summed E-state index contributed by atoms with van der Waals surface area (Å²) in [5, 5.41) is 3.53. The number of benzene rings is 1. The maximum absolute atomic E-state index is 5.57. The molecule has 2 aromatic rings. The molecule has 1 heterocycles. The van der Waals surface area contributed by atoms with Crippen LogP contribution in [0, 0.1) is 6.92 Å². The smallest absolute Gasteiger partial charge is 0.211 e. The maximum atomic E-state index is 5.57. The summed E-state index contributed by atoms with van der Waals surface area (Å²) >= 11 is 0. The van der Waals surface area contributed by atoms with Crippen LogP contribution in [0.5, 0.6) is 0 Å². The van der Waals surface area contributed by atoms with Gasteiger partial charge >= 0.3 is 0 Å². The molecule has 0 fully saturated rings. The molecule has 1 N–H and O–H groups in total. The van der Waals surface area contributed by atoms with Gasteiger partial charge in [-0.25, -0.2) is 4.98 Å². The van der Waals surface area contributed by atoms with Gasteiger partial charge in [-0.3, -0.25) is 5.32 Å². The Balaban J connectivity index is 2.04. The van der Waals surface area contributed by atoms with Gasteiger partial charge in [0.1, 0.15) is 5.76 Å². The van der Waals surface area contributed by atoms with Crippen molar-refractivity contribution in [2.24, 2.45) is 0 Å². The normalized spacial score (nSPS) is 15.0. The van der Waals surface area contributed by atoms with Crippen LogP contribution in [-0.2, 0) is 5.41 Å². The SMILES string of the molecule is Cc1cnc(C(C)NC(C)c2ccc(C(C)(C)C)cc2)o1. The minimum atomic E-state index is 0.0935. The molecule has 114 valence electrons. The van der Waals surface area contributed by atoms with Gasteiger partial charge in [-0.1, -0.05) is 45.0 Å². The first-order valence-corrected chi connectivity index (χ1v) is 7.56. The summed E-state index contributed by atoms with van der Waals surface area (Å²) in [6.45, 7) is 12.9. The summed E-state index contributed by atoms with van der Waals surface area (Å²) in [4.78, 5) is 4.28. The highest BCUT2D eigenvalue weighted by Gasteiger charge is 2.17. The molecule has 2 unspecified atom stereocenters. The number of hydrogen-bond donors (Lipinski definition) is 1. The summed E-state index contributed by atoms with van der Waals surface area (Å²) in [6, 6.07) is 9.18. The van der Waals surface area contributed by atoms with Crippen LogP contribution in [0.2, 0.25) is 0 Å². The third kappa shape index (κ3) is 3.94. The van der Waals surface area contributed by atoms with E-state index in [1.807, 2.05) is 6.92 Å². The zero-order valence-electron chi connectivity index (χ0n) is 13.9. The molecule has 0 aliphatic rings. The molecule has 2 atom stereocenters. The van der Waals surface area contributed by atoms with E-state index in [9.17, 15) is 0 Å². The van der Waals surface area contributed by atoms with Gasteiger partial charge in [0.05, 0.1) is 12.2 Å². The van der Waals surface area contributed by atoms with Crippen molar-refractivity contribution >= 4 is 0 Å². The van der Waals surface area contributed by atoms with Crippen molar-refractivity contribution in [2.45, 2.75) is 59.0 Å². The van der Waals surface area contributed by atoms with Gasteiger partial charge in [0.2, 0.25) is 5.89 Å². The molecule has 2 rings (SSSR count). The fourth-order valence-electron chi connectivity index (χ4n) is 2.39. The van der Waals surface area contributed by atoms with Crippen molar-refractivity contribution in [2.75, 3.05) is 0 Å². The highest BCUT2D eigenvalue weighted by Crippen LogP contribution is 2.25. The monoisotopic (exact) mass is 286 g/mol. The minimum absolute atomic E-state index is 0.0935. The molecular weight excluding hydrogens is 260 g/mol. The summed E-state index contributed by atoms with van der Waals surface area (Å²) in [5.74, 6) is 1.59. The van der Waals surface area contributed by atoms with Gasteiger partial charge in [0.25, 0.3) is 0 Å². The molecule has 0 radical (unpaired) electrons. The van der Waals surface area contributed by atoms with Crippen LogP contribution in [0.25, 0.3) is 0 Å². The molecule has 0 aliphatic carbocycles. The second kappa shape index (κ2) is 6.02. The average Bonchev–Trinajstić information content (AvgIpc) is 2.84. The molecule has 0 saturated carbocycles. The lowest BCUT2D eigenvalue weighted by Crippen LogP contribution is -2.23. The third-order valence-electron chi connectivity index (χ3n) is 3.79. The molecule has 3 nitrogen and oxygen atoms in total. The van der Waals surface area contributed by atoms with Crippen LogP contribution in [-0.4, -0.2) is 4.98 Å². The molecule has 3 heteroatoms. The largest absolute Gasteiger partial charge is 0.444 e. The van der Waals surface area contributed by atoms with E-state index < -0.39 is 0 Å². The van der Waals surface area contributed by atoms with Crippen LogP contribution < -0.4 is 5.32 Å². The first-order chi connectivity index (χ1) is 9.77. The lowest BCUT2D eigenvalue weighted by Gasteiger charge is -2.22. The summed E-state index contributed by atoms with van der Waals surface area (Å²) < 4.78 is 5.57. The topological polar surface area (TPSA) is 38.1 Å². The van der Waals surface area contributed by atoms with Gasteiger partial charge in [-0.05, 0) is 37.3 Å². The van der Waals surface area contributed by atoms with Gasteiger partial charge in [0, 0.05) is 6.04 Å². The van der Waals surface area contributed by atoms with Gasteiger partial charge < -0.3 is 4.42 Å². The molecule has 1 aromatic heterocycles. The van der Waals surface area contributed by atoms with E-state index in [2.05, 4.69) is 69.2 Å². The lowest BCUT2D eigenvalue weighted by molar-refractivity contribution is 0.380. The highest BCUT2D eigenvalue weighted by atomic mass is 16.4. The van der Waals surface area contributed by atoms with E-state index in [-0.39, 0.29) is 17.5 Å². The Morgan fingerprint density at radius 2 is 1.67 bits per heavy atom. The summed E-state index contributed by atoms with van der Waals surface area (Å²) in [7, 11) is 0. The number of aromatic nitrogens is 1. The molecule has 1 aromatic carbocycles. The van der Waals surface area contributed by atoms with Crippen molar-refractivity contribution in [1.82, 2.24) is 10.3 Å². The zero-order valence-corrected chi connectivity index (χ0v) is 13.9. The summed E-state index contributed by atoms with van der Waals surface area (Å²) in [5.41, 5.74) is 2.82. The van der Waals surface area contributed by atoms with Crippen molar-refractivity contribution in [3.63, 3.8) is 0 Å². The molecule has 0 saturated heterocycles. The molecular formula is C18H26N2O. The van der Waals surface area contributed by atoms with Gasteiger partial charge in [0.15, 0.2) is 0 Å². The lowest BCUT2D eigenvalue weighted by atomic mass is 9.86. The van der Waals surface area contributed by atoms with Crippen molar-refractivity contribution in [3.05, 3.63) is 53.2 Å². The second-order valence-electron chi connectivity index (χ2n) is 6.79. The molecule has 21 heavy (non-hydrogen) atoms. The predicted octanol–water partition coefficient (Wildman–Crippen LogP) is 4.69. The van der Waals surface area contributed by atoms with E-state index in [0.717, 1.165) is 11.7 Å². The van der Waals surface area contributed by atoms with E-state index in [1.54, 1.807) is 6.20 Å². The first kappa shape index (κ1) is 15.8. The van der Waals surface area contributed by atoms with Crippen LogP contribution in [0.1, 0.15) is 69.5 Å². The van der Waals surface area contributed by atoms with E-state index in [1.165, 1.54) is 11.1 Å². The fraction of sp³-hybridized carbons (Fsp3) is 0.500. The third-order valence-corrected chi connectivity index (χ3v) is 3.79. The van der Waals surface area contributed by atoms with Crippen molar-refractivity contribution < 1.29 is 4.42 Å². The minimum Gasteiger partial charge on any atom is -0.444 e. The number of rotatable bonds is 4. The van der Waals surface area contributed by atoms with Crippen molar-refractivity contribution in [1.29, 1.82) is 0 Å². The van der Waals surface area contributed by atoms with Crippen LogP contribution in [0.15, 0.2) is 34.9 Å². The molecule has 0 amide bonds. The second-order valence-corrected chi connectivity index (χ2v) is 6.79. The standard InChI is InChI=1S/C18H26N2O/c1-12-11-19-17(21-12)14(3)20-13(2)15-7-9-16(10-8-15)18(4,5)6/h7-11,13-14,20H,1-6H3. The Morgan fingerprint density at radius 1 is 1.05 bits per heavy atom. The van der Waals surface area contributed by atoms with E-state index in [4.69, 9.17) is 4.42 Å². The Hall–Kier alpha value is -1.61. The molecule has 0 aliphatic heterocycles. The van der Waals surface area contributed by atoms with E-state index in [0.29, 0.717) is 0 Å². The quantitative estimate of drug-likeness (QED) is 0.886. The Bertz CT molecular complexity index is 578. The van der Waals surface area contributed by atoms with Crippen LogP contribution in [0.4, 0.5) is 0 Å². The molecule has 0 spiro atoms. The maximum Gasteiger partial charge on any atom is 0.211 e. The highest BCUT2D eigenvalue weighted by molar-refractivity contribution is 5.29. The van der Waals surface area contributed by atoms with E-state index >= 15 is 0 Å². The molecule has 0 bridgehead atoms. The Morgan fingerprint density at radius 3 is 2.14 bits per heavy atom. The number of hydrogen-bond acceptors (Lipinski definition) is 3. The fourth-order valence-corrected chi connectivity index (χ4v) is 2.39. The first-order valence-electron chi connectivity index (χ1n) is 7.56. The Kier molecular flexibility index (Phi) is 4.52. The number of aryl methyl sites for hydroxylation is 1. The van der Waals surface area contributed by atoms with Crippen LogP contribution >= 0.6 is 0 Å². The zero-order chi connectivity index (χ0) is 15.6. The van der Waals surface area contributed by atoms with Crippen molar-refractivity contribution in [3.8, 4) is 0 Å². The summed E-state index contributed by atoms with van der Waals surface area (Å²) in [6.07, 6.45) is 1.76. The number of oxazole rings is 1.